The fourth-order valence-electron chi connectivity index (χ4n) is 1.01. The van der Waals surface area contributed by atoms with Crippen LogP contribution in [0.3, 0.4) is 0 Å². The smallest absolute Gasteiger partial charge is 0.280 e. The van der Waals surface area contributed by atoms with Crippen LogP contribution < -0.4 is 10.5 Å². The van der Waals surface area contributed by atoms with Crippen molar-refractivity contribution in [2.75, 3.05) is 7.11 Å². The first-order chi connectivity index (χ1) is 6.97. The van der Waals surface area contributed by atoms with Crippen LogP contribution in [0.4, 0.5) is 8.78 Å². The molecule has 0 atom stereocenters. The first-order valence-electron chi connectivity index (χ1n) is 3.79. The number of alkyl halides is 2. The average Bonchev–Trinajstić information content (AvgIpc) is 2.15. The summed E-state index contributed by atoms with van der Waals surface area (Å²) in [5, 5.41) is 0. The maximum Gasteiger partial charge on any atom is 0.280 e. The lowest BCUT2D eigenvalue weighted by Gasteiger charge is -2.09. The quantitative estimate of drug-likeness (QED) is 0.860. The highest BCUT2D eigenvalue weighted by molar-refractivity contribution is 9.10. The minimum absolute atomic E-state index is 0.0281. The van der Waals surface area contributed by atoms with Crippen LogP contribution in [0.1, 0.15) is 22.5 Å². The van der Waals surface area contributed by atoms with E-state index in [0.717, 1.165) is 6.07 Å². The van der Waals surface area contributed by atoms with E-state index in [2.05, 4.69) is 20.9 Å². The number of hydrogen-bond donors (Lipinski definition) is 1. The van der Waals surface area contributed by atoms with E-state index < -0.39 is 18.0 Å². The molecule has 0 saturated heterocycles. The van der Waals surface area contributed by atoms with Gasteiger partial charge in [0.2, 0.25) is 0 Å². The zero-order valence-corrected chi connectivity index (χ0v) is 9.22. The second-order valence-corrected chi connectivity index (χ2v) is 3.33. The highest BCUT2D eigenvalue weighted by Crippen LogP contribution is 2.29. The molecule has 0 spiro atoms. The van der Waals surface area contributed by atoms with Crippen LogP contribution in [0.5, 0.6) is 5.75 Å². The number of carbonyl (C=O) groups excluding carboxylic acids is 1. The molecule has 2 N–H and O–H groups in total. The average molecular weight is 281 g/mol. The number of hydrogen-bond acceptors (Lipinski definition) is 3. The molecule has 1 aromatic rings. The minimum atomic E-state index is -2.74. The molecule has 15 heavy (non-hydrogen) atoms. The van der Waals surface area contributed by atoms with Gasteiger partial charge in [0.15, 0.2) is 0 Å². The first-order valence-corrected chi connectivity index (χ1v) is 4.59. The number of methoxy groups -OCH3 is 1. The Morgan fingerprint density at radius 3 is 2.67 bits per heavy atom. The number of carbonyl (C=O) groups is 1. The molecule has 0 bridgehead atoms. The minimum Gasteiger partial charge on any atom is -0.496 e. The normalized spacial score (nSPS) is 10.5. The number of nitrogens with two attached hydrogens (primary N) is 1. The molecule has 1 heterocycles. The predicted molar refractivity (Wildman–Crippen MR) is 52.0 cm³/mol. The van der Waals surface area contributed by atoms with Gasteiger partial charge in [0.05, 0.1) is 7.11 Å². The fraction of sp³-hybridized carbons (Fsp3) is 0.250. The zero-order valence-electron chi connectivity index (χ0n) is 7.63. The Morgan fingerprint density at radius 1 is 1.67 bits per heavy atom. The summed E-state index contributed by atoms with van der Waals surface area (Å²) in [5.74, 6) is -0.827. The third-order valence-corrected chi connectivity index (χ3v) is 2.22. The van der Waals surface area contributed by atoms with Crippen LogP contribution in [0.2, 0.25) is 0 Å². The van der Waals surface area contributed by atoms with Gasteiger partial charge in [-0.1, -0.05) is 0 Å². The molecule has 0 fully saturated rings. The first kappa shape index (κ1) is 11.8. The summed E-state index contributed by atoms with van der Waals surface area (Å²) in [6, 6.07) is 0.982. The summed E-state index contributed by atoms with van der Waals surface area (Å²) in [5.41, 5.74) is 4.50. The number of pyridine rings is 1. The van der Waals surface area contributed by atoms with E-state index in [9.17, 15) is 13.6 Å². The van der Waals surface area contributed by atoms with Crippen molar-refractivity contribution < 1.29 is 18.3 Å². The largest absolute Gasteiger partial charge is 0.496 e. The van der Waals surface area contributed by atoms with Crippen LogP contribution in [-0.4, -0.2) is 18.0 Å². The molecular formula is C8H7BrF2N2O2. The van der Waals surface area contributed by atoms with Crippen LogP contribution in [0.25, 0.3) is 0 Å². The molecule has 0 aliphatic rings. The summed E-state index contributed by atoms with van der Waals surface area (Å²) in [6.45, 7) is 0. The van der Waals surface area contributed by atoms with Gasteiger partial charge >= 0.3 is 0 Å². The standard InChI is InChI=1S/C8H7BrF2N2O2/c1-15-4-2-3(7(10)11)13-6(9)5(4)8(12)14/h2,7H,1H3,(H2,12,14). The third kappa shape index (κ3) is 2.41. The van der Waals surface area contributed by atoms with Crippen LogP contribution >= 0.6 is 15.9 Å². The lowest BCUT2D eigenvalue weighted by Crippen LogP contribution is -2.14. The summed E-state index contributed by atoms with van der Waals surface area (Å²) < 4.78 is 29.4. The van der Waals surface area contributed by atoms with Crippen molar-refractivity contribution in [2.45, 2.75) is 6.43 Å². The highest BCUT2D eigenvalue weighted by Gasteiger charge is 2.19. The van der Waals surface area contributed by atoms with Gasteiger partial charge in [0, 0.05) is 6.07 Å². The van der Waals surface area contributed by atoms with Crippen molar-refractivity contribution in [3.8, 4) is 5.75 Å². The second-order valence-electron chi connectivity index (χ2n) is 2.58. The van der Waals surface area contributed by atoms with E-state index in [1.165, 1.54) is 7.11 Å². The van der Waals surface area contributed by atoms with E-state index in [1.54, 1.807) is 0 Å². The monoisotopic (exact) mass is 280 g/mol. The summed E-state index contributed by atoms with van der Waals surface area (Å²) in [6.07, 6.45) is -2.74. The van der Waals surface area contributed by atoms with Crippen molar-refractivity contribution in [2.24, 2.45) is 5.73 Å². The van der Waals surface area contributed by atoms with Crippen molar-refractivity contribution in [1.29, 1.82) is 0 Å². The van der Waals surface area contributed by atoms with Crippen molar-refractivity contribution in [3.63, 3.8) is 0 Å². The number of halogens is 3. The van der Waals surface area contributed by atoms with Crippen LogP contribution in [0.15, 0.2) is 10.7 Å². The predicted octanol–water partition coefficient (Wildman–Crippen LogP) is 1.89. The molecule has 0 aliphatic heterocycles. The molecule has 4 nitrogen and oxygen atoms in total. The molecule has 1 aromatic heterocycles. The molecule has 1 amide bonds. The van der Waals surface area contributed by atoms with Gasteiger partial charge in [-0.2, -0.15) is 0 Å². The number of rotatable bonds is 3. The maximum absolute atomic E-state index is 12.3. The molecule has 0 radical (unpaired) electrons. The van der Waals surface area contributed by atoms with E-state index in [1.807, 2.05) is 0 Å². The second kappa shape index (κ2) is 4.52. The van der Waals surface area contributed by atoms with Crippen molar-refractivity contribution in [1.82, 2.24) is 4.98 Å². The Balaban J connectivity index is 3.37. The maximum atomic E-state index is 12.3. The molecule has 0 saturated carbocycles. The Labute approximate surface area is 92.6 Å². The molecule has 0 aliphatic carbocycles. The molecular weight excluding hydrogens is 274 g/mol. The lowest BCUT2D eigenvalue weighted by molar-refractivity contribution is 0.0994. The Hall–Kier alpha value is -1.24. The van der Waals surface area contributed by atoms with E-state index >= 15 is 0 Å². The van der Waals surface area contributed by atoms with Crippen LogP contribution in [-0.2, 0) is 0 Å². The Bertz CT molecular complexity index is 398. The lowest BCUT2D eigenvalue weighted by atomic mass is 10.2. The molecule has 7 heteroatoms. The summed E-state index contributed by atoms with van der Waals surface area (Å²) >= 11 is 2.88. The van der Waals surface area contributed by atoms with Crippen molar-refractivity contribution >= 4 is 21.8 Å². The van der Waals surface area contributed by atoms with Gasteiger partial charge < -0.3 is 10.5 Å². The Morgan fingerprint density at radius 2 is 2.27 bits per heavy atom. The number of aromatic nitrogens is 1. The van der Waals surface area contributed by atoms with Gasteiger partial charge in [-0.25, -0.2) is 13.8 Å². The number of nitrogens with zero attached hydrogens (tertiary/aromatic N) is 1. The van der Waals surface area contributed by atoms with E-state index in [4.69, 9.17) is 10.5 Å². The summed E-state index contributed by atoms with van der Waals surface area (Å²) in [4.78, 5) is 14.5. The fourth-order valence-corrected chi connectivity index (χ4v) is 1.60. The third-order valence-electron chi connectivity index (χ3n) is 1.65. The van der Waals surface area contributed by atoms with Gasteiger partial charge in [-0.15, -0.1) is 0 Å². The molecule has 82 valence electrons. The summed E-state index contributed by atoms with van der Waals surface area (Å²) in [7, 11) is 1.25. The Kier molecular flexibility index (Phi) is 3.57. The number of ether oxygens (including phenoxy) is 1. The molecule has 0 aromatic carbocycles. The van der Waals surface area contributed by atoms with Gasteiger partial charge in [-0.05, 0) is 15.9 Å². The van der Waals surface area contributed by atoms with E-state index in [0.29, 0.717) is 0 Å². The molecule has 1 rings (SSSR count). The number of primary amides is 1. The van der Waals surface area contributed by atoms with Crippen molar-refractivity contribution in [3.05, 3.63) is 21.9 Å². The van der Waals surface area contributed by atoms with Gasteiger partial charge in [0.25, 0.3) is 12.3 Å². The van der Waals surface area contributed by atoms with Crippen LogP contribution in [0, 0.1) is 0 Å². The topological polar surface area (TPSA) is 65.2 Å². The number of amides is 1. The SMILES string of the molecule is COc1cc(C(F)F)nc(Br)c1C(N)=O. The zero-order chi connectivity index (χ0) is 11.6. The highest BCUT2D eigenvalue weighted by atomic mass is 79.9. The van der Waals surface area contributed by atoms with E-state index in [-0.39, 0.29) is 15.9 Å². The van der Waals surface area contributed by atoms with Gasteiger partial charge in [0.1, 0.15) is 21.6 Å². The van der Waals surface area contributed by atoms with Gasteiger partial charge in [-0.3, -0.25) is 4.79 Å². The molecule has 0 unspecified atom stereocenters.